The van der Waals surface area contributed by atoms with Crippen LogP contribution in [0.15, 0.2) is 24.3 Å². The lowest BCUT2D eigenvalue weighted by atomic mass is 10.1. The topological polar surface area (TPSA) is 39.1 Å². The van der Waals surface area contributed by atoms with Crippen LogP contribution in [0, 0.1) is 0 Å². The lowest BCUT2D eigenvalue weighted by Crippen LogP contribution is -2.20. The van der Waals surface area contributed by atoms with Gasteiger partial charge in [0.25, 0.3) is 0 Å². The number of rotatable bonds is 6. The molecule has 0 fully saturated rings. The van der Waals surface area contributed by atoms with Crippen molar-refractivity contribution in [1.29, 1.82) is 0 Å². The van der Waals surface area contributed by atoms with Crippen molar-refractivity contribution >= 4 is 11.6 Å². The van der Waals surface area contributed by atoms with Crippen molar-refractivity contribution in [3.8, 4) is 5.75 Å². The fourth-order valence-electron chi connectivity index (χ4n) is 2.29. The van der Waals surface area contributed by atoms with Crippen LogP contribution in [0.3, 0.4) is 0 Å². The van der Waals surface area contributed by atoms with Crippen LogP contribution in [-0.4, -0.2) is 16.9 Å². The van der Waals surface area contributed by atoms with Gasteiger partial charge in [-0.05, 0) is 31.0 Å². The second kappa shape index (κ2) is 6.96. The van der Waals surface area contributed by atoms with Gasteiger partial charge in [-0.15, -0.1) is 0 Å². The second-order valence-electron chi connectivity index (χ2n) is 5.06. The van der Waals surface area contributed by atoms with E-state index in [2.05, 4.69) is 30.3 Å². The fourth-order valence-corrected chi connectivity index (χ4v) is 2.65. The zero-order chi connectivity index (χ0) is 15.4. The second-order valence-corrected chi connectivity index (χ2v) is 5.44. The van der Waals surface area contributed by atoms with E-state index in [-0.39, 0.29) is 6.04 Å². The summed E-state index contributed by atoms with van der Waals surface area (Å²) >= 11 is 6.36. The van der Waals surface area contributed by atoms with E-state index < -0.39 is 0 Å². The summed E-state index contributed by atoms with van der Waals surface area (Å²) in [5.41, 5.74) is 3.15. The number of aryl methyl sites for hydroxylation is 2. The van der Waals surface area contributed by atoms with Gasteiger partial charge in [0, 0.05) is 19.6 Å². The Morgan fingerprint density at radius 2 is 2.19 bits per heavy atom. The molecule has 1 N–H and O–H groups in total. The molecular formula is C16H22ClN3O. The number of hydrogen-bond donors (Lipinski definition) is 1. The minimum absolute atomic E-state index is 0.205. The first kappa shape index (κ1) is 15.9. The Morgan fingerprint density at radius 1 is 1.43 bits per heavy atom. The molecule has 0 amide bonds. The van der Waals surface area contributed by atoms with Crippen LogP contribution in [0.5, 0.6) is 5.75 Å². The van der Waals surface area contributed by atoms with Gasteiger partial charge in [0.1, 0.15) is 5.75 Å². The monoisotopic (exact) mass is 307 g/mol. The number of benzene rings is 1. The van der Waals surface area contributed by atoms with E-state index in [4.69, 9.17) is 16.3 Å². The van der Waals surface area contributed by atoms with Gasteiger partial charge in [0.2, 0.25) is 0 Å². The summed E-state index contributed by atoms with van der Waals surface area (Å²) in [4.78, 5) is 0. The first-order valence-electron chi connectivity index (χ1n) is 7.14. The van der Waals surface area contributed by atoms with Gasteiger partial charge in [0.05, 0.1) is 23.5 Å². The van der Waals surface area contributed by atoms with Crippen LogP contribution in [0.25, 0.3) is 0 Å². The number of nitrogens with zero attached hydrogens (tertiary/aromatic N) is 2. The predicted octanol–water partition coefficient (Wildman–Crippen LogP) is 3.50. The summed E-state index contributed by atoms with van der Waals surface area (Å²) in [6.07, 6.45) is 0.845. The van der Waals surface area contributed by atoms with Gasteiger partial charge < -0.3 is 10.1 Å². The number of nitrogens with one attached hydrogen (secondary N) is 1. The van der Waals surface area contributed by atoms with E-state index in [1.54, 1.807) is 7.11 Å². The normalized spacial score (nSPS) is 12.4. The Labute approximate surface area is 131 Å². The van der Waals surface area contributed by atoms with Crippen LogP contribution >= 0.6 is 11.6 Å². The molecule has 1 heterocycles. The maximum absolute atomic E-state index is 6.36. The van der Waals surface area contributed by atoms with Gasteiger partial charge in [-0.3, -0.25) is 4.68 Å². The third kappa shape index (κ3) is 3.57. The first-order valence-corrected chi connectivity index (χ1v) is 7.52. The third-order valence-electron chi connectivity index (χ3n) is 3.67. The summed E-state index contributed by atoms with van der Waals surface area (Å²) in [6, 6.07) is 8.28. The molecule has 114 valence electrons. The zero-order valence-electron chi connectivity index (χ0n) is 13.0. The van der Waals surface area contributed by atoms with Crippen molar-refractivity contribution in [2.24, 2.45) is 7.05 Å². The highest BCUT2D eigenvalue weighted by molar-refractivity contribution is 6.31. The van der Waals surface area contributed by atoms with E-state index in [0.29, 0.717) is 6.54 Å². The highest BCUT2D eigenvalue weighted by atomic mass is 35.5. The Morgan fingerprint density at radius 3 is 2.81 bits per heavy atom. The summed E-state index contributed by atoms with van der Waals surface area (Å²) < 4.78 is 7.11. The summed E-state index contributed by atoms with van der Waals surface area (Å²) in [7, 11) is 3.61. The molecule has 0 saturated heterocycles. The van der Waals surface area contributed by atoms with Gasteiger partial charge >= 0.3 is 0 Å². The van der Waals surface area contributed by atoms with Gasteiger partial charge in [-0.25, -0.2) is 0 Å². The number of methoxy groups -OCH3 is 1. The predicted molar refractivity (Wildman–Crippen MR) is 85.8 cm³/mol. The molecule has 2 rings (SSSR count). The van der Waals surface area contributed by atoms with E-state index in [1.165, 1.54) is 5.56 Å². The molecule has 0 spiro atoms. The highest BCUT2D eigenvalue weighted by Crippen LogP contribution is 2.23. The van der Waals surface area contributed by atoms with Crippen molar-refractivity contribution in [2.75, 3.05) is 7.11 Å². The van der Waals surface area contributed by atoms with Gasteiger partial charge in [0.15, 0.2) is 0 Å². The molecule has 1 aromatic carbocycles. The molecule has 0 aliphatic carbocycles. The molecule has 0 unspecified atom stereocenters. The zero-order valence-corrected chi connectivity index (χ0v) is 13.7. The van der Waals surface area contributed by atoms with Crippen molar-refractivity contribution in [3.05, 3.63) is 46.2 Å². The molecule has 0 bridgehead atoms. The minimum atomic E-state index is 0.205. The van der Waals surface area contributed by atoms with Crippen LogP contribution in [0.4, 0.5) is 0 Å². The molecule has 1 atom stereocenters. The van der Waals surface area contributed by atoms with Crippen molar-refractivity contribution < 1.29 is 4.74 Å². The summed E-state index contributed by atoms with van der Waals surface area (Å²) in [5, 5.41) is 8.69. The highest BCUT2D eigenvalue weighted by Gasteiger charge is 2.14. The molecule has 0 saturated carbocycles. The average Bonchev–Trinajstić information content (AvgIpc) is 2.79. The molecule has 0 aliphatic heterocycles. The van der Waals surface area contributed by atoms with Crippen molar-refractivity contribution in [1.82, 2.24) is 15.1 Å². The van der Waals surface area contributed by atoms with E-state index in [1.807, 2.05) is 29.9 Å². The number of aromatic nitrogens is 2. The molecule has 2 aromatic rings. The quantitative estimate of drug-likeness (QED) is 0.888. The Hall–Kier alpha value is -1.52. The number of halogens is 1. The fraction of sp³-hybridized carbons (Fsp3) is 0.438. The smallest absolute Gasteiger partial charge is 0.119 e. The summed E-state index contributed by atoms with van der Waals surface area (Å²) in [6.45, 7) is 4.87. The maximum atomic E-state index is 6.36. The number of hydrogen-bond acceptors (Lipinski definition) is 3. The molecule has 0 aliphatic rings. The van der Waals surface area contributed by atoms with Crippen molar-refractivity contribution in [2.45, 2.75) is 32.9 Å². The van der Waals surface area contributed by atoms with Crippen molar-refractivity contribution in [3.63, 3.8) is 0 Å². The Balaban J connectivity index is 2.07. The maximum Gasteiger partial charge on any atom is 0.119 e. The molecular weight excluding hydrogens is 286 g/mol. The molecule has 0 radical (unpaired) electrons. The molecule has 5 heteroatoms. The SMILES string of the molecule is CCc1nn(C)c(CN[C@@H](C)c2cccc(OC)c2)c1Cl. The first-order chi connectivity index (χ1) is 10.1. The van der Waals surface area contributed by atoms with Crippen LogP contribution in [0.2, 0.25) is 5.02 Å². The molecule has 1 aromatic heterocycles. The van der Waals surface area contributed by atoms with E-state index in [0.717, 1.165) is 28.6 Å². The lowest BCUT2D eigenvalue weighted by Gasteiger charge is -2.15. The average molecular weight is 308 g/mol. The minimum Gasteiger partial charge on any atom is -0.497 e. The van der Waals surface area contributed by atoms with Crippen LogP contribution in [-0.2, 0) is 20.0 Å². The van der Waals surface area contributed by atoms with E-state index in [9.17, 15) is 0 Å². The molecule has 21 heavy (non-hydrogen) atoms. The largest absolute Gasteiger partial charge is 0.497 e. The van der Waals surface area contributed by atoms with Crippen LogP contribution < -0.4 is 10.1 Å². The summed E-state index contributed by atoms with van der Waals surface area (Å²) in [5.74, 6) is 0.869. The Kier molecular flexibility index (Phi) is 5.26. The van der Waals surface area contributed by atoms with Gasteiger partial charge in [-0.1, -0.05) is 30.7 Å². The standard InChI is InChI=1S/C16H22ClN3O/c1-5-14-16(17)15(20(3)19-14)10-18-11(2)12-7-6-8-13(9-12)21-4/h6-9,11,18H,5,10H2,1-4H3/t11-/m0/s1. The molecule has 4 nitrogen and oxygen atoms in total. The lowest BCUT2D eigenvalue weighted by molar-refractivity contribution is 0.413. The third-order valence-corrected chi connectivity index (χ3v) is 4.11. The van der Waals surface area contributed by atoms with E-state index >= 15 is 0 Å². The number of ether oxygens (including phenoxy) is 1. The van der Waals surface area contributed by atoms with Gasteiger partial charge in [-0.2, -0.15) is 5.10 Å². The Bertz CT molecular complexity index is 610. The van der Waals surface area contributed by atoms with Crippen LogP contribution in [0.1, 0.15) is 36.8 Å².